The standard InChI is InChI=1S/C23H22ClN3O3S/c1-13(25)23-21(30-14(2)15-7-5-6-8-16(15)24)11-22(31-23)27-12-26-17-9-19(28-3)20(29-4)10-18(17)27/h5-12,14H,1,25H2,2-4H3. The van der Waals surface area contributed by atoms with Gasteiger partial charge in [0.2, 0.25) is 0 Å². The highest BCUT2D eigenvalue weighted by molar-refractivity contribution is 7.16. The molecule has 160 valence electrons. The Morgan fingerprint density at radius 3 is 2.52 bits per heavy atom. The van der Waals surface area contributed by atoms with Crippen LogP contribution in [-0.4, -0.2) is 23.8 Å². The lowest BCUT2D eigenvalue weighted by atomic mass is 10.1. The van der Waals surface area contributed by atoms with E-state index in [1.54, 1.807) is 20.5 Å². The monoisotopic (exact) mass is 455 g/mol. The molecule has 0 bridgehead atoms. The molecule has 0 amide bonds. The van der Waals surface area contributed by atoms with Crippen molar-refractivity contribution in [1.29, 1.82) is 0 Å². The molecule has 2 aromatic carbocycles. The molecular weight excluding hydrogens is 434 g/mol. The number of hydrogen-bond donors (Lipinski definition) is 1. The number of halogens is 1. The third-order valence-corrected chi connectivity index (χ3v) is 6.45. The predicted molar refractivity (Wildman–Crippen MR) is 126 cm³/mol. The Bertz CT molecular complexity index is 1260. The molecule has 0 aliphatic rings. The molecule has 0 aliphatic carbocycles. The van der Waals surface area contributed by atoms with Gasteiger partial charge in [-0.1, -0.05) is 36.4 Å². The van der Waals surface area contributed by atoms with Crippen LogP contribution in [0.25, 0.3) is 21.7 Å². The summed E-state index contributed by atoms with van der Waals surface area (Å²) in [5.74, 6) is 1.89. The van der Waals surface area contributed by atoms with Crippen molar-refractivity contribution < 1.29 is 14.2 Å². The van der Waals surface area contributed by atoms with Gasteiger partial charge in [-0.05, 0) is 13.0 Å². The van der Waals surface area contributed by atoms with Crippen LogP contribution in [0.4, 0.5) is 0 Å². The maximum atomic E-state index is 6.34. The minimum Gasteiger partial charge on any atom is -0.493 e. The first-order valence-corrected chi connectivity index (χ1v) is 10.7. The summed E-state index contributed by atoms with van der Waals surface area (Å²) in [5, 5.41) is 1.54. The Labute approximate surface area is 189 Å². The zero-order valence-corrected chi connectivity index (χ0v) is 19.0. The fourth-order valence-electron chi connectivity index (χ4n) is 3.36. The first kappa shape index (κ1) is 21.1. The van der Waals surface area contributed by atoms with Gasteiger partial charge in [0, 0.05) is 34.5 Å². The predicted octanol–water partition coefficient (Wildman–Crippen LogP) is 5.83. The summed E-state index contributed by atoms with van der Waals surface area (Å²) in [7, 11) is 3.21. The van der Waals surface area contributed by atoms with Crippen LogP contribution < -0.4 is 19.9 Å². The first-order valence-electron chi connectivity index (χ1n) is 9.52. The number of methoxy groups -OCH3 is 2. The highest BCUT2D eigenvalue weighted by Gasteiger charge is 2.19. The smallest absolute Gasteiger partial charge is 0.163 e. The van der Waals surface area contributed by atoms with Crippen LogP contribution in [0.3, 0.4) is 0 Å². The zero-order chi connectivity index (χ0) is 22.1. The van der Waals surface area contributed by atoms with Crippen LogP contribution in [0.15, 0.2) is 55.4 Å². The number of fused-ring (bicyclic) bond motifs is 1. The second-order valence-corrected chi connectivity index (χ2v) is 8.33. The van der Waals surface area contributed by atoms with Gasteiger partial charge in [-0.3, -0.25) is 4.57 Å². The van der Waals surface area contributed by atoms with Crippen molar-refractivity contribution in [2.45, 2.75) is 13.0 Å². The summed E-state index contributed by atoms with van der Waals surface area (Å²) < 4.78 is 19.0. The van der Waals surface area contributed by atoms with Gasteiger partial charge in [0.15, 0.2) is 11.5 Å². The van der Waals surface area contributed by atoms with Crippen molar-refractivity contribution in [2.75, 3.05) is 14.2 Å². The summed E-state index contributed by atoms with van der Waals surface area (Å²) in [5.41, 5.74) is 9.06. The summed E-state index contributed by atoms with van der Waals surface area (Å²) in [6.07, 6.45) is 1.48. The van der Waals surface area contributed by atoms with Crippen LogP contribution in [-0.2, 0) is 0 Å². The molecule has 1 atom stereocenters. The van der Waals surface area contributed by atoms with Gasteiger partial charge in [-0.2, -0.15) is 0 Å². The molecule has 0 aliphatic heterocycles. The molecule has 0 saturated carbocycles. The highest BCUT2D eigenvalue weighted by atomic mass is 35.5. The van der Waals surface area contributed by atoms with Crippen molar-refractivity contribution >= 4 is 39.7 Å². The van der Waals surface area contributed by atoms with E-state index in [9.17, 15) is 0 Å². The third kappa shape index (κ3) is 3.94. The lowest BCUT2D eigenvalue weighted by molar-refractivity contribution is 0.227. The SMILES string of the molecule is C=C(N)c1sc(-n2cnc3cc(OC)c(OC)cc32)cc1OC(C)c1ccccc1Cl. The Kier molecular flexibility index (Phi) is 5.80. The van der Waals surface area contributed by atoms with Gasteiger partial charge in [-0.25, -0.2) is 4.98 Å². The fraction of sp³-hybridized carbons (Fsp3) is 0.174. The first-order chi connectivity index (χ1) is 14.9. The highest BCUT2D eigenvalue weighted by Crippen LogP contribution is 2.40. The van der Waals surface area contributed by atoms with E-state index in [2.05, 4.69) is 11.6 Å². The number of benzene rings is 2. The number of rotatable bonds is 7. The zero-order valence-electron chi connectivity index (χ0n) is 17.4. The molecule has 2 aromatic heterocycles. The number of aromatic nitrogens is 2. The van der Waals surface area contributed by atoms with E-state index in [-0.39, 0.29) is 6.10 Å². The summed E-state index contributed by atoms with van der Waals surface area (Å²) >= 11 is 7.81. The van der Waals surface area contributed by atoms with Gasteiger partial charge in [0.05, 0.1) is 30.1 Å². The van der Waals surface area contributed by atoms with E-state index in [0.29, 0.717) is 28.0 Å². The molecular formula is C23H22ClN3O3S. The van der Waals surface area contributed by atoms with Gasteiger partial charge in [0.25, 0.3) is 0 Å². The van der Waals surface area contributed by atoms with Crippen molar-refractivity contribution in [1.82, 2.24) is 9.55 Å². The van der Waals surface area contributed by atoms with E-state index in [1.165, 1.54) is 11.3 Å². The number of imidazole rings is 1. The van der Waals surface area contributed by atoms with Gasteiger partial charge in [-0.15, -0.1) is 11.3 Å². The molecule has 0 saturated heterocycles. The minimum atomic E-state index is -0.266. The van der Waals surface area contributed by atoms with Crippen LogP contribution in [0.5, 0.6) is 17.2 Å². The van der Waals surface area contributed by atoms with Crippen molar-refractivity contribution in [3.63, 3.8) is 0 Å². The molecule has 1 unspecified atom stereocenters. The quantitative estimate of drug-likeness (QED) is 0.379. The molecule has 0 radical (unpaired) electrons. The Morgan fingerprint density at radius 2 is 1.84 bits per heavy atom. The van der Waals surface area contributed by atoms with E-state index in [1.807, 2.05) is 54.0 Å². The number of thiophene rings is 1. The Morgan fingerprint density at radius 1 is 1.13 bits per heavy atom. The fourth-order valence-corrected chi connectivity index (χ4v) is 4.61. The van der Waals surface area contributed by atoms with Crippen molar-refractivity contribution in [3.05, 3.63) is 70.8 Å². The van der Waals surface area contributed by atoms with Crippen molar-refractivity contribution in [2.24, 2.45) is 5.73 Å². The van der Waals surface area contributed by atoms with Crippen LogP contribution >= 0.6 is 22.9 Å². The molecule has 4 rings (SSSR count). The maximum Gasteiger partial charge on any atom is 0.163 e. The molecule has 0 fully saturated rings. The third-order valence-electron chi connectivity index (χ3n) is 4.91. The second kappa shape index (κ2) is 8.53. The average molecular weight is 456 g/mol. The number of ether oxygens (including phenoxy) is 3. The van der Waals surface area contributed by atoms with Crippen LogP contribution in [0.2, 0.25) is 5.02 Å². The minimum absolute atomic E-state index is 0.266. The number of nitrogens with zero attached hydrogens (tertiary/aromatic N) is 2. The van der Waals surface area contributed by atoms with Crippen molar-refractivity contribution in [3.8, 4) is 22.2 Å². The maximum absolute atomic E-state index is 6.34. The van der Waals surface area contributed by atoms with E-state index in [0.717, 1.165) is 26.5 Å². The Hall–Kier alpha value is -3.16. The van der Waals surface area contributed by atoms with E-state index >= 15 is 0 Å². The molecule has 31 heavy (non-hydrogen) atoms. The van der Waals surface area contributed by atoms with Crippen LogP contribution in [0.1, 0.15) is 23.5 Å². The van der Waals surface area contributed by atoms with E-state index < -0.39 is 0 Å². The van der Waals surface area contributed by atoms with Gasteiger partial charge < -0.3 is 19.9 Å². The molecule has 4 aromatic rings. The molecule has 2 heterocycles. The molecule has 8 heteroatoms. The van der Waals surface area contributed by atoms with Crippen LogP contribution in [0, 0.1) is 0 Å². The van der Waals surface area contributed by atoms with Gasteiger partial charge in [0.1, 0.15) is 23.2 Å². The molecule has 0 spiro atoms. The summed E-state index contributed by atoms with van der Waals surface area (Å²) in [6, 6.07) is 13.3. The lowest BCUT2D eigenvalue weighted by Crippen LogP contribution is -2.05. The normalized spacial score (nSPS) is 12.0. The molecule has 6 nitrogen and oxygen atoms in total. The van der Waals surface area contributed by atoms with Gasteiger partial charge >= 0.3 is 0 Å². The Balaban J connectivity index is 1.76. The summed E-state index contributed by atoms with van der Waals surface area (Å²) in [4.78, 5) is 5.27. The lowest BCUT2D eigenvalue weighted by Gasteiger charge is -2.16. The number of hydrogen-bond acceptors (Lipinski definition) is 6. The largest absolute Gasteiger partial charge is 0.493 e. The number of nitrogens with two attached hydrogens (primary N) is 1. The summed E-state index contributed by atoms with van der Waals surface area (Å²) in [6.45, 7) is 5.86. The van der Waals surface area contributed by atoms with E-state index in [4.69, 9.17) is 31.5 Å². The topological polar surface area (TPSA) is 71.5 Å². The second-order valence-electron chi connectivity index (χ2n) is 6.90. The molecule has 2 N–H and O–H groups in total. The average Bonchev–Trinajstić information content (AvgIpc) is 3.36.